The molecule has 1 heterocycles. The number of ether oxygens (including phenoxy) is 1. The summed E-state index contributed by atoms with van der Waals surface area (Å²) in [7, 11) is -1.78. The van der Waals surface area contributed by atoms with Crippen molar-refractivity contribution in [1.29, 1.82) is 0 Å². The van der Waals surface area contributed by atoms with Gasteiger partial charge in [0.15, 0.2) is 0 Å². The van der Waals surface area contributed by atoms with Crippen LogP contribution in [0.25, 0.3) is 0 Å². The van der Waals surface area contributed by atoms with Crippen LogP contribution < -0.4 is 14.4 Å². The van der Waals surface area contributed by atoms with Crippen molar-refractivity contribution in [1.82, 2.24) is 5.32 Å². The van der Waals surface area contributed by atoms with Crippen LogP contribution in [0.1, 0.15) is 33.3 Å². The minimum Gasteiger partial charge on any atom is -0.485 e. The summed E-state index contributed by atoms with van der Waals surface area (Å²) in [6.07, 6.45) is 0.739. The van der Waals surface area contributed by atoms with Crippen LogP contribution >= 0.6 is 0 Å². The van der Waals surface area contributed by atoms with Gasteiger partial charge in [0.25, 0.3) is 0 Å². The Kier molecular flexibility index (Phi) is 6.32. The number of nitrogens with zero attached hydrogens (tertiary/aromatic N) is 2. The molecule has 6 nitrogen and oxygen atoms in total. The zero-order valence-corrected chi connectivity index (χ0v) is 16.6. The van der Waals surface area contributed by atoms with Crippen molar-refractivity contribution >= 4 is 21.5 Å². The lowest BCUT2D eigenvalue weighted by molar-refractivity contribution is 0.367. The molecule has 1 aromatic carbocycles. The Balaban J connectivity index is 2.36. The third-order valence-electron chi connectivity index (χ3n) is 4.15. The molecule has 2 rings (SSSR count). The topological polar surface area (TPSA) is 71.0 Å². The van der Waals surface area contributed by atoms with Crippen LogP contribution in [0, 0.1) is 5.92 Å². The van der Waals surface area contributed by atoms with E-state index in [4.69, 9.17) is 4.74 Å². The third kappa shape index (κ3) is 4.66. The van der Waals surface area contributed by atoms with Gasteiger partial charge in [-0.2, -0.15) is 0 Å². The number of benzene rings is 1. The van der Waals surface area contributed by atoms with Gasteiger partial charge in [-0.1, -0.05) is 19.9 Å². The highest BCUT2D eigenvalue weighted by Gasteiger charge is 2.26. The van der Waals surface area contributed by atoms with Gasteiger partial charge in [0.2, 0.25) is 10.0 Å². The molecule has 0 saturated carbocycles. The summed E-state index contributed by atoms with van der Waals surface area (Å²) < 4.78 is 32.6. The number of sulfonamides is 1. The maximum absolute atomic E-state index is 12.6. The van der Waals surface area contributed by atoms with Gasteiger partial charge in [0.1, 0.15) is 18.2 Å². The molecular formula is C18H29N3O3S. The molecule has 25 heavy (non-hydrogen) atoms. The van der Waals surface area contributed by atoms with Crippen molar-refractivity contribution in [2.45, 2.75) is 39.4 Å². The van der Waals surface area contributed by atoms with E-state index >= 15 is 0 Å². The maximum Gasteiger partial charge on any atom is 0.237 e. The normalized spacial score (nSPS) is 14.6. The number of amidine groups is 1. The highest BCUT2D eigenvalue weighted by atomic mass is 32.2. The van der Waals surface area contributed by atoms with Crippen LogP contribution in [0.15, 0.2) is 23.2 Å². The lowest BCUT2D eigenvalue weighted by Gasteiger charge is -2.26. The molecule has 0 amide bonds. The zero-order chi connectivity index (χ0) is 18.6. The van der Waals surface area contributed by atoms with Gasteiger partial charge in [-0.05, 0) is 38.3 Å². The van der Waals surface area contributed by atoms with E-state index in [1.807, 2.05) is 18.2 Å². The molecule has 0 aromatic heterocycles. The smallest absolute Gasteiger partial charge is 0.237 e. The van der Waals surface area contributed by atoms with Crippen molar-refractivity contribution in [3.63, 3.8) is 0 Å². The standard InChI is InChI=1S/C18H29N3O3S/c1-13(2)11-15-16(21(5)25(22,23)14(3)4)7-6-8-17(15)24-12-18-19-9-10-20-18/h6-8,13-14H,9-12H2,1-5H3,(H,19,20). The summed E-state index contributed by atoms with van der Waals surface area (Å²) in [4.78, 5) is 4.34. The van der Waals surface area contributed by atoms with Crippen molar-refractivity contribution < 1.29 is 13.2 Å². The predicted octanol–water partition coefficient (Wildman–Crippen LogP) is 2.44. The van der Waals surface area contributed by atoms with Gasteiger partial charge in [0, 0.05) is 19.2 Å². The molecule has 0 fully saturated rings. The van der Waals surface area contributed by atoms with E-state index in [1.165, 1.54) is 4.31 Å². The molecule has 1 aromatic rings. The summed E-state index contributed by atoms with van der Waals surface area (Å²) >= 11 is 0. The van der Waals surface area contributed by atoms with Crippen molar-refractivity contribution in [2.75, 3.05) is 31.0 Å². The summed E-state index contributed by atoms with van der Waals surface area (Å²) in [5.74, 6) is 1.93. The van der Waals surface area contributed by atoms with Crippen LogP contribution in [-0.4, -0.2) is 46.2 Å². The van der Waals surface area contributed by atoms with Crippen LogP contribution in [0.3, 0.4) is 0 Å². The van der Waals surface area contributed by atoms with Gasteiger partial charge in [-0.15, -0.1) is 0 Å². The van der Waals surface area contributed by atoms with E-state index in [-0.39, 0.29) is 0 Å². The van der Waals surface area contributed by atoms with E-state index in [9.17, 15) is 8.42 Å². The number of aliphatic imine (C=N–C) groups is 1. The number of hydrogen-bond donors (Lipinski definition) is 1. The molecule has 0 unspecified atom stereocenters. The van der Waals surface area contributed by atoms with Crippen molar-refractivity contribution in [2.24, 2.45) is 10.9 Å². The average molecular weight is 368 g/mol. The van der Waals surface area contributed by atoms with Crippen LogP contribution in [0.2, 0.25) is 0 Å². The van der Waals surface area contributed by atoms with E-state index in [0.717, 1.165) is 30.9 Å². The first-order valence-electron chi connectivity index (χ1n) is 8.73. The van der Waals surface area contributed by atoms with E-state index in [1.54, 1.807) is 20.9 Å². The number of rotatable bonds is 8. The molecule has 0 radical (unpaired) electrons. The van der Waals surface area contributed by atoms with Gasteiger partial charge in [-0.3, -0.25) is 9.30 Å². The van der Waals surface area contributed by atoms with Gasteiger partial charge < -0.3 is 10.1 Å². The Morgan fingerprint density at radius 2 is 2.00 bits per heavy atom. The second kappa shape index (κ2) is 8.08. The zero-order valence-electron chi connectivity index (χ0n) is 15.7. The first kappa shape index (κ1) is 19.6. The highest BCUT2D eigenvalue weighted by molar-refractivity contribution is 7.93. The van der Waals surface area contributed by atoms with E-state index in [0.29, 0.717) is 24.0 Å². The molecule has 0 aliphatic carbocycles. The number of hydrogen-bond acceptors (Lipinski definition) is 5. The Labute approximate surface area is 151 Å². The molecule has 0 saturated heterocycles. The molecular weight excluding hydrogens is 338 g/mol. The second-order valence-corrected chi connectivity index (χ2v) is 9.48. The van der Waals surface area contributed by atoms with Gasteiger partial charge >= 0.3 is 0 Å². The predicted molar refractivity (Wildman–Crippen MR) is 103 cm³/mol. The SMILES string of the molecule is CC(C)Cc1c(OCC2=NCCN2)cccc1N(C)S(=O)(=O)C(C)C. The van der Waals surface area contributed by atoms with Gasteiger partial charge in [0.05, 0.1) is 17.5 Å². The lowest BCUT2D eigenvalue weighted by Crippen LogP contribution is -2.34. The number of anilines is 1. The maximum atomic E-state index is 12.6. The van der Waals surface area contributed by atoms with E-state index in [2.05, 4.69) is 24.2 Å². The Morgan fingerprint density at radius 3 is 2.56 bits per heavy atom. The molecule has 1 aliphatic heterocycles. The fourth-order valence-electron chi connectivity index (χ4n) is 2.74. The average Bonchev–Trinajstić information content (AvgIpc) is 3.05. The quantitative estimate of drug-likeness (QED) is 0.766. The van der Waals surface area contributed by atoms with Gasteiger partial charge in [-0.25, -0.2) is 8.42 Å². The fourth-order valence-corrected chi connectivity index (χ4v) is 3.82. The summed E-state index contributed by atoms with van der Waals surface area (Å²) in [6.45, 7) is 9.59. The van der Waals surface area contributed by atoms with Crippen LogP contribution in [0.4, 0.5) is 5.69 Å². The second-order valence-electron chi connectivity index (χ2n) is 6.96. The monoisotopic (exact) mass is 367 g/mol. The molecule has 1 N–H and O–H groups in total. The first-order chi connectivity index (χ1) is 11.7. The molecule has 1 aliphatic rings. The third-order valence-corrected chi connectivity index (χ3v) is 6.30. The molecule has 7 heteroatoms. The number of nitrogens with one attached hydrogen (secondary N) is 1. The first-order valence-corrected chi connectivity index (χ1v) is 10.2. The van der Waals surface area contributed by atoms with Crippen LogP contribution in [-0.2, 0) is 16.4 Å². The van der Waals surface area contributed by atoms with Crippen molar-refractivity contribution in [3.8, 4) is 5.75 Å². The molecule has 140 valence electrons. The molecule has 0 spiro atoms. The largest absolute Gasteiger partial charge is 0.485 e. The summed E-state index contributed by atoms with van der Waals surface area (Å²) in [5.41, 5.74) is 1.60. The summed E-state index contributed by atoms with van der Waals surface area (Å²) in [6, 6.07) is 5.58. The highest BCUT2D eigenvalue weighted by Crippen LogP contribution is 2.33. The minimum atomic E-state index is -3.39. The fraction of sp³-hybridized carbons (Fsp3) is 0.611. The van der Waals surface area contributed by atoms with Crippen molar-refractivity contribution in [3.05, 3.63) is 23.8 Å². The molecule has 0 bridgehead atoms. The minimum absolute atomic E-state index is 0.370. The van der Waals surface area contributed by atoms with Crippen LogP contribution in [0.5, 0.6) is 5.75 Å². The lowest BCUT2D eigenvalue weighted by atomic mass is 10.00. The van der Waals surface area contributed by atoms with E-state index < -0.39 is 15.3 Å². The Hall–Kier alpha value is -1.76. The summed E-state index contributed by atoms with van der Waals surface area (Å²) in [5, 5.41) is 2.70. The Morgan fingerprint density at radius 1 is 1.28 bits per heavy atom. The molecule has 0 atom stereocenters. The Bertz CT molecular complexity index is 727.